The first-order valence-electron chi connectivity index (χ1n) is 6.50. The monoisotopic (exact) mass is 216 g/mol. The molecule has 1 aromatic rings. The van der Waals surface area contributed by atoms with Crippen molar-refractivity contribution >= 4 is 0 Å². The van der Waals surface area contributed by atoms with Crippen LogP contribution in [0, 0.1) is 5.92 Å². The van der Waals surface area contributed by atoms with Crippen LogP contribution in [0.15, 0.2) is 30.3 Å². The maximum Gasteiger partial charge on any atom is 0.0895 e. The van der Waals surface area contributed by atoms with E-state index in [0.717, 1.165) is 12.5 Å². The Morgan fingerprint density at radius 2 is 1.81 bits per heavy atom. The van der Waals surface area contributed by atoms with Crippen LogP contribution in [0.4, 0.5) is 0 Å². The Morgan fingerprint density at radius 1 is 1.06 bits per heavy atom. The van der Waals surface area contributed by atoms with Gasteiger partial charge in [0.25, 0.3) is 0 Å². The molecule has 1 aromatic carbocycles. The van der Waals surface area contributed by atoms with Crippen LogP contribution in [-0.4, -0.2) is 11.2 Å². The molecule has 2 unspecified atom stereocenters. The molecule has 1 aliphatic heterocycles. The van der Waals surface area contributed by atoms with Crippen molar-refractivity contribution in [1.82, 2.24) is 10.4 Å². The summed E-state index contributed by atoms with van der Waals surface area (Å²) in [4.78, 5) is 0. The Balaban J connectivity index is 1.52. The highest BCUT2D eigenvalue weighted by molar-refractivity contribution is 5.15. The molecule has 2 fully saturated rings. The smallest absolute Gasteiger partial charge is 0.0895 e. The minimum absolute atomic E-state index is 0.667. The zero-order chi connectivity index (χ0) is 10.8. The van der Waals surface area contributed by atoms with Crippen molar-refractivity contribution < 1.29 is 0 Å². The zero-order valence-corrected chi connectivity index (χ0v) is 9.73. The van der Waals surface area contributed by atoms with E-state index >= 15 is 0 Å². The summed E-state index contributed by atoms with van der Waals surface area (Å²) in [5, 5.41) is 2.39. The summed E-state index contributed by atoms with van der Waals surface area (Å²) >= 11 is 0. The average Bonchev–Trinajstić information content (AvgIpc) is 3.11. The van der Waals surface area contributed by atoms with E-state index in [0.29, 0.717) is 6.17 Å². The van der Waals surface area contributed by atoms with E-state index < -0.39 is 0 Å². The second kappa shape index (κ2) is 4.56. The Bertz CT molecular complexity index is 330. The summed E-state index contributed by atoms with van der Waals surface area (Å²) in [6.45, 7) is 1.06. The number of hydrogen-bond acceptors (Lipinski definition) is 2. The molecule has 0 radical (unpaired) electrons. The van der Waals surface area contributed by atoms with Crippen molar-refractivity contribution in [2.75, 3.05) is 0 Å². The van der Waals surface area contributed by atoms with Crippen LogP contribution in [0.1, 0.15) is 37.7 Å². The van der Waals surface area contributed by atoms with Gasteiger partial charge in [0.2, 0.25) is 0 Å². The first kappa shape index (κ1) is 10.3. The van der Waals surface area contributed by atoms with Gasteiger partial charge in [-0.05, 0) is 24.3 Å². The van der Waals surface area contributed by atoms with E-state index in [-0.39, 0.29) is 0 Å². The van der Waals surface area contributed by atoms with Crippen molar-refractivity contribution in [3.63, 3.8) is 0 Å². The van der Waals surface area contributed by atoms with Gasteiger partial charge in [0, 0.05) is 6.54 Å². The number of nitrogens with zero attached hydrogens (tertiary/aromatic N) is 1. The van der Waals surface area contributed by atoms with Crippen LogP contribution in [0.25, 0.3) is 0 Å². The summed E-state index contributed by atoms with van der Waals surface area (Å²) in [5.41, 5.74) is 4.93. The van der Waals surface area contributed by atoms with Crippen molar-refractivity contribution in [3.8, 4) is 0 Å². The fourth-order valence-corrected chi connectivity index (χ4v) is 2.87. The molecule has 86 valence electrons. The molecule has 0 bridgehead atoms. The Kier molecular flexibility index (Phi) is 2.94. The Hall–Kier alpha value is -0.860. The molecular weight excluding hydrogens is 196 g/mol. The second-order valence-electron chi connectivity index (χ2n) is 5.09. The fraction of sp³-hybridized carbons (Fsp3) is 0.571. The van der Waals surface area contributed by atoms with Crippen LogP contribution < -0.4 is 5.43 Å². The van der Waals surface area contributed by atoms with Crippen molar-refractivity contribution in [2.24, 2.45) is 5.92 Å². The normalized spacial score (nSPS) is 30.2. The molecule has 1 saturated carbocycles. The zero-order valence-electron chi connectivity index (χ0n) is 9.73. The second-order valence-corrected chi connectivity index (χ2v) is 5.09. The van der Waals surface area contributed by atoms with Crippen molar-refractivity contribution in [2.45, 2.75) is 44.8 Å². The van der Waals surface area contributed by atoms with E-state index in [1.54, 1.807) is 0 Å². The summed E-state index contributed by atoms with van der Waals surface area (Å²) in [7, 11) is 0. The minimum Gasteiger partial charge on any atom is -0.235 e. The number of rotatable bonds is 3. The highest BCUT2D eigenvalue weighted by Crippen LogP contribution is 2.33. The third kappa shape index (κ3) is 2.28. The molecule has 2 heteroatoms. The van der Waals surface area contributed by atoms with Gasteiger partial charge in [-0.2, -0.15) is 0 Å². The lowest BCUT2D eigenvalue weighted by Crippen LogP contribution is -2.17. The van der Waals surface area contributed by atoms with E-state index in [4.69, 9.17) is 0 Å². The number of benzene rings is 1. The van der Waals surface area contributed by atoms with Crippen molar-refractivity contribution in [1.29, 1.82) is 0 Å². The molecule has 0 spiro atoms. The molecular formula is C14H20N2. The van der Waals surface area contributed by atoms with Gasteiger partial charge in [0.05, 0.1) is 6.17 Å². The van der Waals surface area contributed by atoms with Gasteiger partial charge in [0.1, 0.15) is 0 Å². The quantitative estimate of drug-likeness (QED) is 0.786. The van der Waals surface area contributed by atoms with Gasteiger partial charge in [-0.15, -0.1) is 0 Å². The lowest BCUT2D eigenvalue weighted by molar-refractivity contribution is 0.309. The largest absolute Gasteiger partial charge is 0.235 e. The van der Waals surface area contributed by atoms with Crippen LogP contribution >= 0.6 is 0 Å². The molecule has 2 aliphatic rings. The molecule has 0 aromatic heterocycles. The molecule has 1 saturated heterocycles. The van der Waals surface area contributed by atoms with Gasteiger partial charge in [-0.25, -0.2) is 10.4 Å². The predicted molar refractivity (Wildman–Crippen MR) is 65.5 cm³/mol. The molecule has 2 atom stereocenters. The fourth-order valence-electron chi connectivity index (χ4n) is 2.87. The lowest BCUT2D eigenvalue weighted by atomic mass is 9.88. The molecule has 1 aliphatic carbocycles. The minimum atomic E-state index is 0.667. The molecule has 2 nitrogen and oxygen atoms in total. The third-order valence-corrected chi connectivity index (χ3v) is 3.86. The van der Waals surface area contributed by atoms with Crippen LogP contribution in [0.3, 0.4) is 0 Å². The number of nitrogens with one attached hydrogen (secondary N) is 1. The molecule has 3 rings (SSSR count). The topological polar surface area (TPSA) is 25.0 Å². The van der Waals surface area contributed by atoms with Gasteiger partial charge in [-0.1, -0.05) is 49.6 Å². The number of hydrazine groups is 1. The van der Waals surface area contributed by atoms with Gasteiger partial charge < -0.3 is 0 Å². The predicted octanol–water partition coefficient (Wildman–Crippen LogP) is 2.91. The van der Waals surface area contributed by atoms with Gasteiger partial charge in [-0.3, -0.25) is 0 Å². The maximum atomic E-state index is 3.52. The summed E-state index contributed by atoms with van der Waals surface area (Å²) < 4.78 is 0. The first-order valence-corrected chi connectivity index (χ1v) is 6.50. The molecule has 0 amide bonds. The van der Waals surface area contributed by atoms with E-state index in [1.165, 1.54) is 37.7 Å². The number of hydrogen-bond donors (Lipinski definition) is 1. The summed E-state index contributed by atoms with van der Waals surface area (Å²) in [6.07, 6.45) is 7.82. The molecule has 1 N–H and O–H groups in total. The Labute approximate surface area is 97.6 Å². The average molecular weight is 216 g/mol. The van der Waals surface area contributed by atoms with Crippen molar-refractivity contribution in [3.05, 3.63) is 35.9 Å². The summed E-state index contributed by atoms with van der Waals surface area (Å²) in [5.74, 6) is 0.900. The standard InChI is InChI=1S/C14H20N2/c1-3-7-12(8-4-1)11-16-14(15-16)13-9-5-2-6-10-13/h1,3-4,7-8,13-15H,2,5-6,9-11H2. The van der Waals surface area contributed by atoms with Crippen LogP contribution in [0.2, 0.25) is 0 Å². The highest BCUT2D eigenvalue weighted by Gasteiger charge is 2.39. The first-order chi connectivity index (χ1) is 7.93. The summed E-state index contributed by atoms with van der Waals surface area (Å²) in [6, 6.07) is 10.7. The molecule has 16 heavy (non-hydrogen) atoms. The van der Waals surface area contributed by atoms with Gasteiger partial charge in [0.15, 0.2) is 0 Å². The highest BCUT2D eigenvalue weighted by atomic mass is 15.7. The Morgan fingerprint density at radius 3 is 2.56 bits per heavy atom. The van der Waals surface area contributed by atoms with E-state index in [2.05, 4.69) is 40.8 Å². The van der Waals surface area contributed by atoms with Crippen LogP contribution in [0.5, 0.6) is 0 Å². The van der Waals surface area contributed by atoms with Crippen LogP contribution in [-0.2, 0) is 6.54 Å². The third-order valence-electron chi connectivity index (χ3n) is 3.86. The van der Waals surface area contributed by atoms with E-state index in [1.807, 2.05) is 0 Å². The van der Waals surface area contributed by atoms with E-state index in [9.17, 15) is 0 Å². The van der Waals surface area contributed by atoms with Gasteiger partial charge >= 0.3 is 0 Å². The lowest BCUT2D eigenvalue weighted by Gasteiger charge is -2.20. The maximum absolute atomic E-state index is 3.52. The molecule has 1 heterocycles. The SMILES string of the molecule is c1ccc(CN2NC2C2CCCCC2)cc1.